The van der Waals surface area contributed by atoms with Gasteiger partial charge in [0.1, 0.15) is 17.5 Å². The Kier molecular flexibility index (Phi) is 5.42. The number of nitrogens with zero attached hydrogens (tertiary/aromatic N) is 3. The van der Waals surface area contributed by atoms with E-state index >= 15 is 0 Å². The summed E-state index contributed by atoms with van der Waals surface area (Å²) in [4.78, 5) is 23.6. The Morgan fingerprint density at radius 3 is 2.67 bits per heavy atom. The van der Waals surface area contributed by atoms with Crippen LogP contribution in [0.25, 0.3) is 0 Å². The third-order valence-corrected chi connectivity index (χ3v) is 2.58. The maximum atomic E-state index is 11.9. The summed E-state index contributed by atoms with van der Waals surface area (Å²) < 4.78 is 10.2. The van der Waals surface area contributed by atoms with Crippen molar-refractivity contribution in [2.75, 3.05) is 25.6 Å². The highest BCUT2D eigenvalue weighted by molar-refractivity contribution is 6.29. The maximum Gasteiger partial charge on any atom is 0.275 e. The van der Waals surface area contributed by atoms with Crippen LogP contribution in [0.2, 0.25) is 5.15 Å². The van der Waals surface area contributed by atoms with Crippen molar-refractivity contribution in [1.82, 2.24) is 15.0 Å². The summed E-state index contributed by atoms with van der Waals surface area (Å²) in [7, 11) is 1.59. The van der Waals surface area contributed by atoms with E-state index in [1.54, 1.807) is 19.2 Å². The highest BCUT2D eigenvalue weighted by atomic mass is 35.5. The first kappa shape index (κ1) is 15.1. The summed E-state index contributed by atoms with van der Waals surface area (Å²) in [6.07, 6.45) is 4.10. The minimum Gasteiger partial charge on any atom is -0.475 e. The van der Waals surface area contributed by atoms with Crippen molar-refractivity contribution in [2.45, 2.75) is 0 Å². The molecule has 8 heteroatoms. The molecule has 2 rings (SSSR count). The number of hydrogen-bond acceptors (Lipinski definition) is 6. The third kappa shape index (κ3) is 4.66. The van der Waals surface area contributed by atoms with Gasteiger partial charge >= 0.3 is 0 Å². The van der Waals surface area contributed by atoms with Crippen LogP contribution in [0, 0.1) is 0 Å². The molecular weight excluding hydrogens is 296 g/mol. The van der Waals surface area contributed by atoms with E-state index in [-0.39, 0.29) is 10.8 Å². The van der Waals surface area contributed by atoms with Crippen LogP contribution in [0.3, 0.4) is 0 Å². The van der Waals surface area contributed by atoms with E-state index in [0.29, 0.717) is 24.8 Å². The molecule has 2 heterocycles. The summed E-state index contributed by atoms with van der Waals surface area (Å²) in [5, 5.41) is 2.87. The zero-order chi connectivity index (χ0) is 15.1. The van der Waals surface area contributed by atoms with Crippen LogP contribution in [0.15, 0.2) is 30.7 Å². The van der Waals surface area contributed by atoms with Crippen LogP contribution in [-0.4, -0.2) is 41.2 Å². The predicted molar refractivity (Wildman–Crippen MR) is 76.6 cm³/mol. The molecule has 0 aliphatic heterocycles. The van der Waals surface area contributed by atoms with Gasteiger partial charge in [0.05, 0.1) is 30.9 Å². The molecule has 1 amide bonds. The van der Waals surface area contributed by atoms with Crippen molar-refractivity contribution in [2.24, 2.45) is 0 Å². The van der Waals surface area contributed by atoms with E-state index in [1.807, 2.05) is 0 Å². The molecule has 2 aromatic rings. The molecule has 0 aliphatic rings. The normalized spacial score (nSPS) is 10.2. The zero-order valence-corrected chi connectivity index (χ0v) is 12.0. The number of carbonyl (C=O) groups excluding carboxylic acids is 1. The number of pyridine rings is 1. The van der Waals surface area contributed by atoms with E-state index in [0.717, 1.165) is 0 Å². The van der Waals surface area contributed by atoms with Gasteiger partial charge in [-0.15, -0.1) is 0 Å². The van der Waals surface area contributed by atoms with Gasteiger partial charge in [-0.3, -0.25) is 4.79 Å². The zero-order valence-electron chi connectivity index (χ0n) is 11.2. The van der Waals surface area contributed by atoms with Crippen LogP contribution < -0.4 is 10.1 Å². The Morgan fingerprint density at radius 2 is 2.05 bits per heavy atom. The molecule has 0 fully saturated rings. The lowest BCUT2D eigenvalue weighted by Crippen LogP contribution is -2.14. The minimum absolute atomic E-state index is 0.167. The van der Waals surface area contributed by atoms with Crippen LogP contribution in [0.1, 0.15) is 10.5 Å². The number of anilines is 1. The number of ether oxygens (including phenoxy) is 2. The largest absolute Gasteiger partial charge is 0.475 e. The maximum absolute atomic E-state index is 11.9. The van der Waals surface area contributed by atoms with Gasteiger partial charge in [0.15, 0.2) is 0 Å². The van der Waals surface area contributed by atoms with Gasteiger partial charge in [0, 0.05) is 13.2 Å². The number of nitrogens with one attached hydrogen (secondary N) is 1. The number of aromatic nitrogens is 3. The van der Waals surface area contributed by atoms with Crippen molar-refractivity contribution in [1.29, 1.82) is 0 Å². The molecule has 0 unspecified atom stereocenters. The average molecular weight is 309 g/mol. The second kappa shape index (κ2) is 7.51. The molecule has 7 nitrogen and oxygen atoms in total. The molecule has 0 spiro atoms. The Bertz CT molecular complexity index is 589. The average Bonchev–Trinajstić information content (AvgIpc) is 2.50. The number of halogens is 1. The van der Waals surface area contributed by atoms with Crippen LogP contribution in [0.4, 0.5) is 5.69 Å². The van der Waals surface area contributed by atoms with Gasteiger partial charge in [0.25, 0.3) is 5.91 Å². The lowest BCUT2D eigenvalue weighted by atomic mass is 10.3. The van der Waals surface area contributed by atoms with Crippen molar-refractivity contribution in [3.05, 3.63) is 41.6 Å². The topological polar surface area (TPSA) is 86.2 Å². The van der Waals surface area contributed by atoms with Crippen molar-refractivity contribution in [3.63, 3.8) is 0 Å². The summed E-state index contributed by atoms with van der Waals surface area (Å²) in [5.74, 6) is 0.0605. The van der Waals surface area contributed by atoms with Gasteiger partial charge in [-0.1, -0.05) is 11.6 Å². The Labute approximate surface area is 126 Å². The van der Waals surface area contributed by atoms with Crippen LogP contribution >= 0.6 is 11.6 Å². The van der Waals surface area contributed by atoms with Gasteiger partial charge in [0.2, 0.25) is 5.88 Å². The van der Waals surface area contributed by atoms with E-state index in [9.17, 15) is 4.79 Å². The lowest BCUT2D eigenvalue weighted by Gasteiger charge is -2.06. The van der Waals surface area contributed by atoms with Crippen molar-refractivity contribution >= 4 is 23.2 Å². The number of carbonyl (C=O) groups is 1. The number of rotatable bonds is 6. The smallest absolute Gasteiger partial charge is 0.275 e. The van der Waals surface area contributed by atoms with Crippen molar-refractivity contribution < 1.29 is 14.3 Å². The third-order valence-electron chi connectivity index (χ3n) is 2.38. The molecule has 0 atom stereocenters. The Morgan fingerprint density at radius 1 is 1.19 bits per heavy atom. The Hall–Kier alpha value is -2.25. The van der Waals surface area contributed by atoms with Crippen molar-refractivity contribution in [3.8, 4) is 5.88 Å². The highest BCUT2D eigenvalue weighted by Crippen LogP contribution is 2.12. The molecule has 0 bridgehead atoms. The van der Waals surface area contributed by atoms with Crippen LogP contribution in [0.5, 0.6) is 5.88 Å². The van der Waals surface area contributed by atoms with E-state index in [4.69, 9.17) is 21.1 Å². The quantitative estimate of drug-likeness (QED) is 0.819. The lowest BCUT2D eigenvalue weighted by molar-refractivity contribution is 0.102. The molecule has 0 aliphatic carbocycles. The van der Waals surface area contributed by atoms with Gasteiger partial charge in [-0.05, 0) is 6.07 Å². The first-order valence-corrected chi connectivity index (χ1v) is 6.43. The molecule has 0 aromatic carbocycles. The fourth-order valence-electron chi connectivity index (χ4n) is 1.39. The fourth-order valence-corrected chi connectivity index (χ4v) is 1.49. The summed E-state index contributed by atoms with van der Waals surface area (Å²) >= 11 is 5.61. The van der Waals surface area contributed by atoms with E-state index < -0.39 is 5.91 Å². The van der Waals surface area contributed by atoms with Gasteiger partial charge in [-0.2, -0.15) is 0 Å². The predicted octanol–water partition coefficient (Wildman–Crippen LogP) is 1.80. The van der Waals surface area contributed by atoms with E-state index in [2.05, 4.69) is 20.3 Å². The fraction of sp³-hybridized carbons (Fsp3) is 0.231. The molecule has 0 radical (unpaired) electrons. The monoisotopic (exact) mass is 308 g/mol. The second-order valence-electron chi connectivity index (χ2n) is 3.90. The minimum atomic E-state index is -0.394. The standard InChI is InChI=1S/C13H13ClN4O3/c1-20-4-5-21-12-3-2-9(6-17-12)18-13(19)10-7-16-11(14)8-15-10/h2-3,6-8H,4-5H2,1H3,(H,18,19). The van der Waals surface area contributed by atoms with E-state index in [1.165, 1.54) is 18.6 Å². The SMILES string of the molecule is COCCOc1ccc(NC(=O)c2cnc(Cl)cn2)cn1. The van der Waals surface area contributed by atoms with Crippen LogP contribution in [-0.2, 0) is 4.74 Å². The Balaban J connectivity index is 1.93. The number of amides is 1. The number of methoxy groups -OCH3 is 1. The second-order valence-corrected chi connectivity index (χ2v) is 4.29. The summed E-state index contributed by atoms with van der Waals surface area (Å²) in [6.45, 7) is 0.894. The molecule has 0 saturated carbocycles. The first-order valence-electron chi connectivity index (χ1n) is 6.05. The van der Waals surface area contributed by atoms with Gasteiger partial charge in [-0.25, -0.2) is 15.0 Å². The number of hydrogen-bond donors (Lipinski definition) is 1. The molecule has 1 N–H and O–H groups in total. The summed E-state index contributed by atoms with van der Waals surface area (Å²) in [5.41, 5.74) is 0.690. The van der Waals surface area contributed by atoms with Gasteiger partial charge < -0.3 is 14.8 Å². The molecule has 2 aromatic heterocycles. The molecule has 110 valence electrons. The highest BCUT2D eigenvalue weighted by Gasteiger charge is 2.08. The summed E-state index contributed by atoms with van der Waals surface area (Å²) in [6, 6.07) is 3.33. The first-order chi connectivity index (χ1) is 10.2. The molecular formula is C13H13ClN4O3. The molecule has 21 heavy (non-hydrogen) atoms. The molecule has 0 saturated heterocycles.